The van der Waals surface area contributed by atoms with Crippen molar-refractivity contribution in [3.05, 3.63) is 48.6 Å². The molecule has 0 rings (SSSR count). The third-order valence-corrected chi connectivity index (χ3v) is 7.58. The van der Waals surface area contributed by atoms with Gasteiger partial charge < -0.3 is 27.9 Å². The summed E-state index contributed by atoms with van der Waals surface area (Å²) >= 11 is 0. The number of esters is 2. The van der Waals surface area contributed by atoms with Crippen molar-refractivity contribution in [2.45, 2.75) is 116 Å². The van der Waals surface area contributed by atoms with Gasteiger partial charge in [0.05, 0.1) is 27.7 Å². The summed E-state index contributed by atoms with van der Waals surface area (Å²) in [5, 5.41) is 0. The van der Waals surface area contributed by atoms with Crippen LogP contribution in [0.15, 0.2) is 48.6 Å². The van der Waals surface area contributed by atoms with E-state index in [0.717, 1.165) is 70.6 Å². The molecule has 0 aliphatic carbocycles. The molecule has 2 atom stereocenters. The van der Waals surface area contributed by atoms with Crippen LogP contribution in [-0.4, -0.2) is 70.0 Å². The highest BCUT2D eigenvalue weighted by molar-refractivity contribution is 7.45. The molecular formula is C35H62NO8P. The van der Waals surface area contributed by atoms with Crippen LogP contribution in [0.3, 0.4) is 0 Å². The molecule has 0 fully saturated rings. The summed E-state index contributed by atoms with van der Waals surface area (Å²) in [7, 11) is 1.13. The fourth-order valence-corrected chi connectivity index (χ4v) is 4.66. The zero-order valence-electron chi connectivity index (χ0n) is 28.8. The van der Waals surface area contributed by atoms with Gasteiger partial charge in [0.15, 0.2) is 6.10 Å². The molecule has 0 aliphatic heterocycles. The molecule has 45 heavy (non-hydrogen) atoms. The number of carbonyl (C=O) groups excluding carboxylic acids is 2. The summed E-state index contributed by atoms with van der Waals surface area (Å²) in [5.74, 6) is -0.891. The van der Waals surface area contributed by atoms with Gasteiger partial charge in [-0.05, 0) is 51.4 Å². The van der Waals surface area contributed by atoms with Crippen LogP contribution >= 0.6 is 7.82 Å². The van der Waals surface area contributed by atoms with Gasteiger partial charge >= 0.3 is 11.9 Å². The molecule has 0 aliphatic rings. The van der Waals surface area contributed by atoms with E-state index in [9.17, 15) is 19.0 Å². The second-order valence-corrected chi connectivity index (χ2v) is 13.6. The summed E-state index contributed by atoms with van der Waals surface area (Å²) in [4.78, 5) is 36.8. The molecule has 0 heterocycles. The van der Waals surface area contributed by atoms with Gasteiger partial charge in [-0.1, -0.05) is 94.6 Å². The third-order valence-electron chi connectivity index (χ3n) is 6.61. The number of unbranched alkanes of at least 4 members (excludes halogenated alkanes) is 7. The zero-order chi connectivity index (χ0) is 33.7. The van der Waals surface area contributed by atoms with Gasteiger partial charge in [0.2, 0.25) is 0 Å². The minimum Gasteiger partial charge on any atom is -0.756 e. The lowest BCUT2D eigenvalue weighted by Crippen LogP contribution is -2.37. The maximum absolute atomic E-state index is 12.5. The number of phosphoric acid groups is 1. The number of likely N-dealkylation sites (N-methyl/N-ethyl adjacent to an activating group) is 1. The first kappa shape index (κ1) is 43.0. The predicted molar refractivity (Wildman–Crippen MR) is 180 cm³/mol. The van der Waals surface area contributed by atoms with Crippen molar-refractivity contribution < 1.29 is 42.1 Å². The van der Waals surface area contributed by atoms with E-state index in [2.05, 4.69) is 62.5 Å². The van der Waals surface area contributed by atoms with E-state index in [1.54, 1.807) is 0 Å². The average Bonchev–Trinajstić information content (AvgIpc) is 2.97. The predicted octanol–water partition coefficient (Wildman–Crippen LogP) is 7.77. The van der Waals surface area contributed by atoms with Crippen LogP contribution in [0.4, 0.5) is 0 Å². The summed E-state index contributed by atoms with van der Waals surface area (Å²) in [5.41, 5.74) is 0. The number of nitrogens with zero attached hydrogens (tertiary/aromatic N) is 1. The highest BCUT2D eigenvalue weighted by atomic mass is 31.2. The second-order valence-electron chi connectivity index (χ2n) is 12.1. The summed E-state index contributed by atoms with van der Waals surface area (Å²) in [6, 6.07) is 0. The number of hydrogen-bond donors (Lipinski definition) is 0. The number of rotatable bonds is 29. The summed E-state index contributed by atoms with van der Waals surface area (Å²) < 4.78 is 33.4. The lowest BCUT2D eigenvalue weighted by atomic mass is 10.1. The fraction of sp³-hybridized carbons (Fsp3) is 0.714. The Labute approximate surface area is 273 Å². The van der Waals surface area contributed by atoms with Gasteiger partial charge in [0.1, 0.15) is 19.8 Å². The van der Waals surface area contributed by atoms with Crippen molar-refractivity contribution >= 4 is 19.8 Å². The minimum absolute atomic E-state index is 0.0379. The average molecular weight is 656 g/mol. The highest BCUT2D eigenvalue weighted by Crippen LogP contribution is 2.38. The zero-order valence-corrected chi connectivity index (χ0v) is 29.7. The first-order chi connectivity index (χ1) is 21.5. The summed E-state index contributed by atoms with van der Waals surface area (Å²) in [6.45, 7) is 3.90. The molecule has 0 N–H and O–H groups in total. The van der Waals surface area contributed by atoms with Crippen molar-refractivity contribution in [2.24, 2.45) is 0 Å². The molecule has 0 aromatic heterocycles. The number of quaternary nitrogens is 1. The van der Waals surface area contributed by atoms with Crippen LogP contribution in [0, 0.1) is 0 Å². The lowest BCUT2D eigenvalue weighted by molar-refractivity contribution is -0.870. The molecule has 9 nitrogen and oxygen atoms in total. The number of hydrogen-bond acceptors (Lipinski definition) is 8. The topological polar surface area (TPSA) is 111 Å². The second kappa shape index (κ2) is 28.2. The van der Waals surface area contributed by atoms with E-state index >= 15 is 0 Å². The molecule has 0 saturated heterocycles. The smallest absolute Gasteiger partial charge is 0.306 e. The van der Waals surface area contributed by atoms with Crippen LogP contribution in [0.2, 0.25) is 0 Å². The monoisotopic (exact) mass is 655 g/mol. The van der Waals surface area contributed by atoms with Crippen LogP contribution in [0.5, 0.6) is 0 Å². The van der Waals surface area contributed by atoms with Gasteiger partial charge in [-0.25, -0.2) is 0 Å². The van der Waals surface area contributed by atoms with Crippen LogP contribution in [0.1, 0.15) is 110 Å². The molecule has 2 unspecified atom stereocenters. The van der Waals surface area contributed by atoms with Gasteiger partial charge in [-0.15, -0.1) is 0 Å². The van der Waals surface area contributed by atoms with Crippen molar-refractivity contribution in [1.29, 1.82) is 0 Å². The normalized spacial score (nSPS) is 14.5. The Hall–Kier alpha value is -2.03. The van der Waals surface area contributed by atoms with E-state index in [-0.39, 0.29) is 26.1 Å². The SMILES string of the molecule is CC/C=C\C/C=C\C/C=C\C/C=C\CCCCCCC(=O)OC(COC(=O)CCCCCC)COP(=O)([O-])OCC[N+](C)(C)C. The quantitative estimate of drug-likeness (QED) is 0.0264. The van der Waals surface area contributed by atoms with Crippen LogP contribution in [0.25, 0.3) is 0 Å². The Balaban J connectivity index is 4.40. The number of ether oxygens (including phenoxy) is 2. The van der Waals surface area contributed by atoms with E-state index < -0.39 is 32.5 Å². The Morgan fingerprint density at radius 3 is 1.87 bits per heavy atom. The molecule has 0 bridgehead atoms. The van der Waals surface area contributed by atoms with Crippen molar-refractivity contribution in [2.75, 3.05) is 47.5 Å². The van der Waals surface area contributed by atoms with E-state index in [1.807, 2.05) is 21.1 Å². The van der Waals surface area contributed by atoms with Gasteiger partial charge in [0.25, 0.3) is 7.82 Å². The fourth-order valence-electron chi connectivity index (χ4n) is 3.94. The van der Waals surface area contributed by atoms with E-state index in [4.69, 9.17) is 18.5 Å². The standard InChI is InChI=1S/C35H62NO8P/c1-6-8-10-12-13-14-15-16-17-18-19-20-21-22-23-24-26-28-35(38)44-33(31-41-34(37)27-25-11-9-7-2)32-43-45(39,40)42-30-29-36(3,4)5/h8,10,13-14,16-17,19-20,33H,6-7,9,11-12,15,18,21-32H2,1-5H3/b10-8-,14-13-,17-16-,20-19-. The Morgan fingerprint density at radius 2 is 1.27 bits per heavy atom. The summed E-state index contributed by atoms with van der Waals surface area (Å²) in [6.07, 6.45) is 29.2. The van der Waals surface area contributed by atoms with Crippen molar-refractivity contribution in [1.82, 2.24) is 0 Å². The largest absolute Gasteiger partial charge is 0.756 e. The molecule has 0 aromatic carbocycles. The molecule has 0 aromatic rings. The Bertz CT molecular complexity index is 923. The molecule has 0 radical (unpaired) electrons. The Morgan fingerprint density at radius 1 is 0.711 bits per heavy atom. The number of phosphoric ester groups is 1. The van der Waals surface area contributed by atoms with E-state index in [1.165, 1.54) is 0 Å². The van der Waals surface area contributed by atoms with Gasteiger partial charge in [-0.3, -0.25) is 14.2 Å². The van der Waals surface area contributed by atoms with Gasteiger partial charge in [-0.2, -0.15) is 0 Å². The van der Waals surface area contributed by atoms with Gasteiger partial charge in [0, 0.05) is 12.8 Å². The molecule has 10 heteroatoms. The Kier molecular flexibility index (Phi) is 26.9. The minimum atomic E-state index is -4.61. The number of allylic oxidation sites excluding steroid dienone is 8. The maximum atomic E-state index is 12.5. The molecular weight excluding hydrogens is 593 g/mol. The van der Waals surface area contributed by atoms with Crippen molar-refractivity contribution in [3.8, 4) is 0 Å². The third kappa shape index (κ3) is 31.7. The van der Waals surface area contributed by atoms with Crippen LogP contribution < -0.4 is 4.89 Å². The molecule has 0 amide bonds. The molecule has 0 saturated carbocycles. The molecule has 0 spiro atoms. The van der Waals surface area contributed by atoms with Crippen LogP contribution in [-0.2, 0) is 32.7 Å². The first-order valence-electron chi connectivity index (χ1n) is 16.8. The van der Waals surface area contributed by atoms with E-state index in [0.29, 0.717) is 23.9 Å². The van der Waals surface area contributed by atoms with Crippen molar-refractivity contribution in [3.63, 3.8) is 0 Å². The highest BCUT2D eigenvalue weighted by Gasteiger charge is 2.21. The maximum Gasteiger partial charge on any atom is 0.306 e. The number of carbonyl (C=O) groups is 2. The molecule has 260 valence electrons. The first-order valence-corrected chi connectivity index (χ1v) is 18.3. The lowest BCUT2D eigenvalue weighted by Gasteiger charge is -2.28.